The molecule has 0 saturated heterocycles. The summed E-state index contributed by atoms with van der Waals surface area (Å²) in [6.07, 6.45) is 1.48. The second kappa shape index (κ2) is 4.09. The fraction of sp³-hybridized carbons (Fsp3) is 0.100. The largest absolute Gasteiger partial charge is 0.287 e. The molecule has 4 nitrogen and oxygen atoms in total. The van der Waals surface area contributed by atoms with Gasteiger partial charge in [0.2, 0.25) is 5.78 Å². The predicted molar refractivity (Wildman–Crippen MR) is 63.6 cm³/mol. The standard InChI is InChI=1S/C10H8IN3O/c1-14-9(6-12-13-14)10(15)7-4-2-3-5-8(7)11/h2-6H,1H3. The summed E-state index contributed by atoms with van der Waals surface area (Å²) < 4.78 is 2.41. The normalized spacial score (nSPS) is 10.3. The van der Waals surface area contributed by atoms with Crippen LogP contribution in [0.2, 0.25) is 0 Å². The molecule has 0 aliphatic heterocycles. The van der Waals surface area contributed by atoms with E-state index in [0.717, 1.165) is 3.57 Å². The van der Waals surface area contributed by atoms with Crippen molar-refractivity contribution in [3.8, 4) is 0 Å². The second-order valence-corrected chi connectivity index (χ2v) is 4.21. The molecule has 5 heteroatoms. The summed E-state index contributed by atoms with van der Waals surface area (Å²) in [4.78, 5) is 12.0. The quantitative estimate of drug-likeness (QED) is 0.626. The van der Waals surface area contributed by atoms with Crippen LogP contribution < -0.4 is 0 Å². The zero-order valence-electron chi connectivity index (χ0n) is 8.01. The zero-order valence-corrected chi connectivity index (χ0v) is 10.2. The molecule has 1 aromatic heterocycles. The lowest BCUT2D eigenvalue weighted by Crippen LogP contribution is -2.09. The van der Waals surface area contributed by atoms with E-state index in [1.807, 2.05) is 18.2 Å². The van der Waals surface area contributed by atoms with Gasteiger partial charge in [0, 0.05) is 16.2 Å². The average Bonchev–Trinajstić information content (AvgIpc) is 2.64. The Balaban J connectivity index is 2.46. The molecule has 0 bridgehead atoms. The van der Waals surface area contributed by atoms with E-state index < -0.39 is 0 Å². The molecule has 0 N–H and O–H groups in total. The number of carbonyl (C=O) groups excluding carboxylic acids is 1. The van der Waals surface area contributed by atoms with E-state index >= 15 is 0 Å². The molecule has 1 aromatic carbocycles. The van der Waals surface area contributed by atoms with Gasteiger partial charge in [-0.2, -0.15) is 0 Å². The van der Waals surface area contributed by atoms with Gasteiger partial charge >= 0.3 is 0 Å². The maximum Gasteiger partial charge on any atom is 0.213 e. The third-order valence-electron chi connectivity index (χ3n) is 2.07. The fourth-order valence-electron chi connectivity index (χ4n) is 1.28. The third-order valence-corrected chi connectivity index (χ3v) is 3.01. The van der Waals surface area contributed by atoms with Crippen LogP contribution in [0.4, 0.5) is 0 Å². The molecular formula is C10H8IN3O. The molecule has 0 atom stereocenters. The van der Waals surface area contributed by atoms with Crippen molar-refractivity contribution in [2.75, 3.05) is 0 Å². The van der Waals surface area contributed by atoms with Crippen molar-refractivity contribution in [2.24, 2.45) is 7.05 Å². The smallest absolute Gasteiger partial charge is 0.213 e. The molecule has 0 fully saturated rings. The van der Waals surface area contributed by atoms with Crippen molar-refractivity contribution < 1.29 is 4.79 Å². The van der Waals surface area contributed by atoms with E-state index in [9.17, 15) is 4.79 Å². The zero-order chi connectivity index (χ0) is 10.8. The Kier molecular flexibility index (Phi) is 2.81. The molecule has 0 aliphatic carbocycles. The minimum atomic E-state index is -0.0486. The summed E-state index contributed by atoms with van der Waals surface area (Å²) >= 11 is 2.14. The van der Waals surface area contributed by atoms with Gasteiger partial charge in [0.25, 0.3) is 0 Å². The highest BCUT2D eigenvalue weighted by Crippen LogP contribution is 2.15. The number of aryl methyl sites for hydroxylation is 1. The molecule has 0 aliphatic rings. The number of rotatable bonds is 2. The van der Waals surface area contributed by atoms with Crippen LogP contribution in [0.3, 0.4) is 0 Å². The topological polar surface area (TPSA) is 47.8 Å². The Hall–Kier alpha value is -1.24. The number of nitrogens with zero attached hydrogens (tertiary/aromatic N) is 3. The summed E-state index contributed by atoms with van der Waals surface area (Å²) in [6.45, 7) is 0. The van der Waals surface area contributed by atoms with Crippen LogP contribution in [-0.2, 0) is 7.05 Å². The van der Waals surface area contributed by atoms with Gasteiger partial charge in [-0.25, -0.2) is 4.68 Å². The van der Waals surface area contributed by atoms with Crippen molar-refractivity contribution in [1.29, 1.82) is 0 Å². The molecule has 15 heavy (non-hydrogen) atoms. The van der Waals surface area contributed by atoms with Gasteiger partial charge in [-0.05, 0) is 34.7 Å². The van der Waals surface area contributed by atoms with Crippen LogP contribution in [0.5, 0.6) is 0 Å². The molecule has 0 amide bonds. The third kappa shape index (κ3) is 1.92. The molecule has 2 aromatic rings. The number of hydrogen-bond donors (Lipinski definition) is 0. The van der Waals surface area contributed by atoms with Crippen LogP contribution >= 0.6 is 22.6 Å². The molecule has 0 radical (unpaired) electrons. The second-order valence-electron chi connectivity index (χ2n) is 3.05. The molecule has 76 valence electrons. The summed E-state index contributed by atoms with van der Waals surface area (Å²) in [5.74, 6) is -0.0486. The first-order chi connectivity index (χ1) is 7.20. The molecule has 0 spiro atoms. The molecular weight excluding hydrogens is 305 g/mol. The van der Waals surface area contributed by atoms with E-state index in [4.69, 9.17) is 0 Å². The monoisotopic (exact) mass is 313 g/mol. The molecule has 0 unspecified atom stereocenters. The van der Waals surface area contributed by atoms with E-state index in [-0.39, 0.29) is 5.78 Å². The summed E-state index contributed by atoms with van der Waals surface area (Å²) in [6, 6.07) is 7.45. The predicted octanol–water partition coefficient (Wildman–Crippen LogP) is 1.65. The van der Waals surface area contributed by atoms with Crippen LogP contribution in [0.15, 0.2) is 30.5 Å². The Morgan fingerprint density at radius 3 is 2.73 bits per heavy atom. The van der Waals surface area contributed by atoms with Crippen molar-refractivity contribution in [2.45, 2.75) is 0 Å². The van der Waals surface area contributed by atoms with Gasteiger partial charge in [-0.3, -0.25) is 4.79 Å². The highest BCUT2D eigenvalue weighted by Gasteiger charge is 2.15. The molecule has 1 heterocycles. The van der Waals surface area contributed by atoms with Crippen LogP contribution in [0.1, 0.15) is 16.1 Å². The first-order valence-corrected chi connectivity index (χ1v) is 5.42. The Bertz CT molecular complexity index is 507. The van der Waals surface area contributed by atoms with Crippen molar-refractivity contribution >= 4 is 28.4 Å². The van der Waals surface area contributed by atoms with Gasteiger partial charge in [-0.15, -0.1) is 5.10 Å². The summed E-state index contributed by atoms with van der Waals surface area (Å²) in [7, 11) is 1.70. The number of carbonyl (C=O) groups is 1. The van der Waals surface area contributed by atoms with Crippen molar-refractivity contribution in [3.05, 3.63) is 45.3 Å². The SMILES string of the molecule is Cn1nncc1C(=O)c1ccccc1I. The minimum absolute atomic E-state index is 0.0486. The van der Waals surface area contributed by atoms with E-state index in [2.05, 4.69) is 32.9 Å². The number of aromatic nitrogens is 3. The van der Waals surface area contributed by atoms with Gasteiger partial charge in [0.1, 0.15) is 5.69 Å². The Morgan fingerprint density at radius 1 is 1.40 bits per heavy atom. The Morgan fingerprint density at radius 2 is 2.13 bits per heavy atom. The summed E-state index contributed by atoms with van der Waals surface area (Å²) in [5, 5.41) is 7.42. The molecule has 0 saturated carbocycles. The highest BCUT2D eigenvalue weighted by molar-refractivity contribution is 14.1. The average molecular weight is 313 g/mol. The maximum atomic E-state index is 12.0. The lowest BCUT2D eigenvalue weighted by Gasteiger charge is -2.02. The fourth-order valence-corrected chi connectivity index (χ4v) is 1.91. The maximum absolute atomic E-state index is 12.0. The Labute approximate surface area is 100 Å². The first kappa shape index (κ1) is 10.3. The van der Waals surface area contributed by atoms with Crippen LogP contribution in [0.25, 0.3) is 0 Å². The van der Waals surface area contributed by atoms with Gasteiger partial charge in [-0.1, -0.05) is 17.3 Å². The number of ketones is 1. The summed E-state index contributed by atoms with van der Waals surface area (Å²) in [5.41, 5.74) is 1.18. The molecule has 2 rings (SSSR count). The highest BCUT2D eigenvalue weighted by atomic mass is 127. The first-order valence-electron chi connectivity index (χ1n) is 4.34. The van der Waals surface area contributed by atoms with Gasteiger partial charge < -0.3 is 0 Å². The number of halogens is 1. The van der Waals surface area contributed by atoms with Crippen LogP contribution in [-0.4, -0.2) is 20.8 Å². The van der Waals surface area contributed by atoms with Crippen LogP contribution in [0, 0.1) is 3.57 Å². The van der Waals surface area contributed by atoms with E-state index in [1.54, 1.807) is 13.1 Å². The minimum Gasteiger partial charge on any atom is -0.287 e. The van der Waals surface area contributed by atoms with Crippen molar-refractivity contribution in [1.82, 2.24) is 15.0 Å². The van der Waals surface area contributed by atoms with E-state index in [1.165, 1.54) is 10.9 Å². The van der Waals surface area contributed by atoms with Gasteiger partial charge in [0.15, 0.2) is 0 Å². The number of hydrogen-bond acceptors (Lipinski definition) is 3. The van der Waals surface area contributed by atoms with E-state index in [0.29, 0.717) is 11.3 Å². The lowest BCUT2D eigenvalue weighted by atomic mass is 10.1. The van der Waals surface area contributed by atoms with Crippen molar-refractivity contribution in [3.63, 3.8) is 0 Å². The van der Waals surface area contributed by atoms with Gasteiger partial charge in [0.05, 0.1) is 6.20 Å². The lowest BCUT2D eigenvalue weighted by molar-refractivity contribution is 0.102. The number of benzene rings is 1.